The second-order valence-electron chi connectivity index (χ2n) is 7.57. The minimum absolute atomic E-state index is 0.0237. The Morgan fingerprint density at radius 3 is 2.23 bits per heavy atom. The van der Waals surface area contributed by atoms with Gasteiger partial charge in [0, 0.05) is 22.2 Å². The summed E-state index contributed by atoms with van der Waals surface area (Å²) in [5.74, 6) is -0.0100. The minimum Gasteiger partial charge on any atom is -0.322 e. The van der Waals surface area contributed by atoms with Crippen LogP contribution in [0.1, 0.15) is 40.7 Å². The van der Waals surface area contributed by atoms with Gasteiger partial charge in [0.25, 0.3) is 5.91 Å². The van der Waals surface area contributed by atoms with Gasteiger partial charge in [-0.3, -0.25) is 9.59 Å². The number of carbonyl (C=O) groups excluding carboxylic acids is 2. The second-order valence-corrected chi connectivity index (χ2v) is 8.01. The molecule has 2 amide bonds. The normalized spacial score (nSPS) is 17.7. The molecule has 2 atom stereocenters. The average Bonchev–Trinajstić information content (AvgIpc) is 3.60. The quantitative estimate of drug-likeness (QED) is 0.414. The van der Waals surface area contributed by atoms with E-state index in [1.807, 2.05) is 37.3 Å². The molecule has 1 saturated carbocycles. The summed E-state index contributed by atoms with van der Waals surface area (Å²) in [6.07, 6.45) is 0.854. The monoisotopic (exact) mass is 431 g/mol. The molecule has 1 aliphatic rings. The van der Waals surface area contributed by atoms with Gasteiger partial charge in [-0.15, -0.1) is 0 Å². The summed E-state index contributed by atoms with van der Waals surface area (Å²) in [6.45, 7) is 1.84. The Morgan fingerprint density at radius 1 is 0.903 bits per heavy atom. The standard InChI is InChI=1S/C25H22ClN3O2/c1-16(28-29-25(31)23-15-22(23)18-5-3-2-4-6-18)17-9-13-21(14-10-17)27-24(30)19-7-11-20(26)12-8-19/h2-14,22-23H,15H2,1H3,(H,27,30)(H,29,31)/b28-16+/t22-,23-/m1/s1. The topological polar surface area (TPSA) is 70.6 Å². The maximum Gasteiger partial charge on any atom is 0.255 e. The first-order valence-electron chi connectivity index (χ1n) is 10.1. The van der Waals surface area contributed by atoms with Crippen molar-refractivity contribution >= 4 is 34.8 Å². The fourth-order valence-electron chi connectivity index (χ4n) is 3.44. The molecule has 2 N–H and O–H groups in total. The Hall–Kier alpha value is -3.44. The van der Waals surface area contributed by atoms with E-state index in [-0.39, 0.29) is 23.7 Å². The molecule has 4 rings (SSSR count). The highest BCUT2D eigenvalue weighted by atomic mass is 35.5. The van der Waals surface area contributed by atoms with E-state index < -0.39 is 0 Å². The third-order valence-corrected chi connectivity index (χ3v) is 5.61. The maximum absolute atomic E-state index is 12.4. The lowest BCUT2D eigenvalue weighted by Crippen LogP contribution is -2.21. The molecule has 0 saturated heterocycles. The van der Waals surface area contributed by atoms with Gasteiger partial charge in [-0.1, -0.05) is 54.1 Å². The van der Waals surface area contributed by atoms with Gasteiger partial charge in [-0.2, -0.15) is 5.10 Å². The first-order valence-corrected chi connectivity index (χ1v) is 10.5. The lowest BCUT2D eigenvalue weighted by atomic mass is 10.1. The molecule has 0 spiro atoms. The summed E-state index contributed by atoms with van der Waals surface area (Å²) >= 11 is 5.86. The van der Waals surface area contributed by atoms with Crippen LogP contribution in [0.5, 0.6) is 0 Å². The third kappa shape index (κ3) is 5.19. The molecule has 3 aromatic carbocycles. The number of hydrazone groups is 1. The predicted octanol–water partition coefficient (Wildman–Crippen LogP) is 5.24. The van der Waals surface area contributed by atoms with Gasteiger partial charge >= 0.3 is 0 Å². The van der Waals surface area contributed by atoms with Crippen LogP contribution in [0.25, 0.3) is 0 Å². The summed E-state index contributed by atoms with van der Waals surface area (Å²) in [6, 6.07) is 24.1. The van der Waals surface area contributed by atoms with Gasteiger partial charge in [0.2, 0.25) is 5.91 Å². The fourth-order valence-corrected chi connectivity index (χ4v) is 3.57. The predicted molar refractivity (Wildman–Crippen MR) is 123 cm³/mol. The van der Waals surface area contributed by atoms with Crippen molar-refractivity contribution in [2.75, 3.05) is 5.32 Å². The summed E-state index contributed by atoms with van der Waals surface area (Å²) < 4.78 is 0. The number of anilines is 1. The van der Waals surface area contributed by atoms with Crippen LogP contribution in [-0.4, -0.2) is 17.5 Å². The van der Waals surface area contributed by atoms with E-state index in [0.29, 0.717) is 22.0 Å². The van der Waals surface area contributed by atoms with E-state index in [1.165, 1.54) is 5.56 Å². The van der Waals surface area contributed by atoms with E-state index in [2.05, 4.69) is 28.0 Å². The van der Waals surface area contributed by atoms with Crippen molar-refractivity contribution in [3.05, 3.63) is 101 Å². The number of amides is 2. The Labute approximate surface area is 186 Å². The second kappa shape index (κ2) is 9.14. The smallest absolute Gasteiger partial charge is 0.255 e. The van der Waals surface area contributed by atoms with Crippen LogP contribution in [0.3, 0.4) is 0 Å². The number of hydrogen-bond donors (Lipinski definition) is 2. The first-order chi connectivity index (χ1) is 15.0. The Balaban J connectivity index is 1.32. The van der Waals surface area contributed by atoms with Crippen LogP contribution in [0, 0.1) is 5.92 Å². The highest BCUT2D eigenvalue weighted by molar-refractivity contribution is 6.30. The number of nitrogens with zero attached hydrogens (tertiary/aromatic N) is 1. The number of halogens is 1. The molecule has 0 unspecified atom stereocenters. The molecular weight excluding hydrogens is 410 g/mol. The lowest BCUT2D eigenvalue weighted by molar-refractivity contribution is -0.122. The minimum atomic E-state index is -0.209. The van der Waals surface area contributed by atoms with Crippen molar-refractivity contribution < 1.29 is 9.59 Å². The van der Waals surface area contributed by atoms with Gasteiger partial charge in [0.1, 0.15) is 0 Å². The van der Waals surface area contributed by atoms with Crippen LogP contribution in [-0.2, 0) is 4.79 Å². The van der Waals surface area contributed by atoms with Crippen molar-refractivity contribution in [3.8, 4) is 0 Å². The molecule has 0 heterocycles. The molecular formula is C25H22ClN3O2. The molecule has 0 radical (unpaired) electrons. The van der Waals surface area contributed by atoms with Gasteiger partial charge in [0.15, 0.2) is 0 Å². The highest BCUT2D eigenvalue weighted by Gasteiger charge is 2.43. The summed E-state index contributed by atoms with van der Waals surface area (Å²) in [5.41, 5.74) is 6.64. The molecule has 3 aromatic rings. The van der Waals surface area contributed by atoms with Crippen molar-refractivity contribution in [1.82, 2.24) is 5.43 Å². The zero-order valence-corrected chi connectivity index (χ0v) is 17.8. The number of nitrogens with one attached hydrogen (secondary N) is 2. The molecule has 0 aromatic heterocycles. The SMILES string of the molecule is C/C(=N\NC(=O)[C@@H]1C[C@@H]1c1ccccc1)c1ccc(NC(=O)c2ccc(Cl)cc2)cc1. The van der Waals surface area contributed by atoms with Crippen LogP contribution in [0.2, 0.25) is 5.02 Å². The molecule has 1 aliphatic carbocycles. The van der Waals surface area contributed by atoms with Gasteiger partial charge < -0.3 is 5.32 Å². The van der Waals surface area contributed by atoms with Crippen LogP contribution >= 0.6 is 11.6 Å². The average molecular weight is 432 g/mol. The lowest BCUT2D eigenvalue weighted by Gasteiger charge is -2.07. The van der Waals surface area contributed by atoms with Gasteiger partial charge in [-0.25, -0.2) is 5.43 Å². The van der Waals surface area contributed by atoms with Gasteiger partial charge in [-0.05, 0) is 66.8 Å². The Kier molecular flexibility index (Phi) is 6.14. The van der Waals surface area contributed by atoms with Crippen LogP contribution in [0.15, 0.2) is 84.0 Å². The number of benzene rings is 3. The van der Waals surface area contributed by atoms with Gasteiger partial charge in [0.05, 0.1) is 5.71 Å². The van der Waals surface area contributed by atoms with E-state index in [1.54, 1.807) is 36.4 Å². The number of hydrogen-bond acceptors (Lipinski definition) is 3. The fraction of sp³-hybridized carbons (Fsp3) is 0.160. The van der Waals surface area contributed by atoms with E-state index >= 15 is 0 Å². The molecule has 1 fully saturated rings. The van der Waals surface area contributed by atoms with Crippen molar-refractivity contribution in [2.24, 2.45) is 11.0 Å². The zero-order chi connectivity index (χ0) is 21.8. The zero-order valence-electron chi connectivity index (χ0n) is 17.0. The number of rotatable bonds is 6. The molecule has 5 nitrogen and oxygen atoms in total. The van der Waals surface area contributed by atoms with Crippen molar-refractivity contribution in [3.63, 3.8) is 0 Å². The summed E-state index contributed by atoms with van der Waals surface area (Å²) in [4.78, 5) is 24.7. The molecule has 31 heavy (non-hydrogen) atoms. The van der Waals surface area contributed by atoms with Crippen molar-refractivity contribution in [2.45, 2.75) is 19.3 Å². The molecule has 156 valence electrons. The van der Waals surface area contributed by atoms with Crippen LogP contribution < -0.4 is 10.7 Å². The number of carbonyl (C=O) groups is 2. The molecule has 0 aliphatic heterocycles. The third-order valence-electron chi connectivity index (χ3n) is 5.36. The summed E-state index contributed by atoms with van der Waals surface area (Å²) in [5, 5.41) is 7.68. The van der Waals surface area contributed by atoms with E-state index in [9.17, 15) is 9.59 Å². The first kappa shape index (κ1) is 20.8. The maximum atomic E-state index is 12.4. The Bertz CT molecular complexity index is 1110. The Morgan fingerprint density at radius 2 is 1.55 bits per heavy atom. The van der Waals surface area contributed by atoms with E-state index in [0.717, 1.165) is 12.0 Å². The molecule has 0 bridgehead atoms. The largest absolute Gasteiger partial charge is 0.322 e. The van der Waals surface area contributed by atoms with Crippen LogP contribution in [0.4, 0.5) is 5.69 Å². The van der Waals surface area contributed by atoms with Crippen molar-refractivity contribution in [1.29, 1.82) is 0 Å². The molecule has 6 heteroatoms. The summed E-state index contributed by atoms with van der Waals surface area (Å²) in [7, 11) is 0. The van der Waals surface area contributed by atoms with E-state index in [4.69, 9.17) is 11.6 Å². The highest BCUT2D eigenvalue weighted by Crippen LogP contribution is 2.47.